The number of fused-ring (bicyclic) bond motifs is 1. The number of carbonyl (C=O) groups excluding carboxylic acids is 2. The van der Waals surface area contributed by atoms with Crippen molar-refractivity contribution in [3.63, 3.8) is 0 Å². The van der Waals surface area contributed by atoms with Crippen molar-refractivity contribution >= 4 is 57.4 Å². The molecule has 232 valence electrons. The van der Waals surface area contributed by atoms with Crippen molar-refractivity contribution < 1.29 is 41.5 Å². The molecule has 4 aromatic heterocycles. The summed E-state index contributed by atoms with van der Waals surface area (Å²) in [4.78, 5) is 33.1. The molecule has 0 aromatic carbocycles. The first-order valence-electron chi connectivity index (χ1n) is 13.2. The van der Waals surface area contributed by atoms with Gasteiger partial charge < -0.3 is 33.5 Å². The van der Waals surface area contributed by atoms with Gasteiger partial charge in [-0.15, -0.1) is 11.3 Å². The summed E-state index contributed by atoms with van der Waals surface area (Å²) in [7, 11) is 1.09. The fourth-order valence-electron chi connectivity index (χ4n) is 4.66. The quantitative estimate of drug-likeness (QED) is 0.209. The Morgan fingerprint density at radius 1 is 1.21 bits per heavy atom. The maximum absolute atomic E-state index is 13.6. The van der Waals surface area contributed by atoms with Crippen LogP contribution in [0, 0.1) is 0 Å². The Kier molecular flexibility index (Phi) is 9.20. The van der Waals surface area contributed by atoms with E-state index in [0.717, 1.165) is 25.1 Å². The molecule has 0 atom stereocenters. The van der Waals surface area contributed by atoms with Gasteiger partial charge in [-0.3, -0.25) is 4.79 Å². The summed E-state index contributed by atoms with van der Waals surface area (Å²) in [5.74, 6) is -0.250. The van der Waals surface area contributed by atoms with Crippen molar-refractivity contribution in [1.82, 2.24) is 24.9 Å². The molecule has 11 nitrogen and oxygen atoms in total. The molecular formula is C26H27ClF3N5O6S2. The fourth-order valence-corrected chi connectivity index (χ4v) is 6.59. The number of imidazole rings is 1. The lowest BCUT2D eigenvalue weighted by atomic mass is 10.0. The third kappa shape index (κ3) is 7.25. The summed E-state index contributed by atoms with van der Waals surface area (Å²) in [5, 5.41) is 6.66. The van der Waals surface area contributed by atoms with Crippen LogP contribution in [-0.4, -0.2) is 76.7 Å². The van der Waals surface area contributed by atoms with Gasteiger partial charge in [-0.2, -0.15) is 13.2 Å². The summed E-state index contributed by atoms with van der Waals surface area (Å²) in [6.07, 6.45) is -4.33. The van der Waals surface area contributed by atoms with E-state index in [4.69, 9.17) is 25.6 Å². The molecule has 5 rings (SSSR count). The van der Waals surface area contributed by atoms with Gasteiger partial charge in [0.05, 0.1) is 22.9 Å². The van der Waals surface area contributed by atoms with Gasteiger partial charge in [-0.25, -0.2) is 9.78 Å². The highest BCUT2D eigenvalue weighted by Gasteiger charge is 2.33. The molecule has 0 unspecified atom stereocenters. The second-order valence-corrected chi connectivity index (χ2v) is 12.7. The third-order valence-corrected chi connectivity index (χ3v) is 8.95. The number of carbonyl (C=O) groups is 2. The number of aromatic nitrogens is 3. The molecule has 0 radical (unpaired) electrons. The molecule has 1 amide bonds. The van der Waals surface area contributed by atoms with E-state index in [9.17, 15) is 22.8 Å². The predicted octanol–water partition coefficient (Wildman–Crippen LogP) is 6.20. The highest BCUT2D eigenvalue weighted by Crippen LogP contribution is 2.45. The first-order valence-corrected chi connectivity index (χ1v) is 15.2. The number of thiophene rings is 2. The number of hydrogen-bond donors (Lipinski definition) is 1. The standard InChI is InChI=1S/C26H27ClF3N5O6S2/c1-13(2)34-8-6-14(7-9-34)31-22(36)21-32-19-20(24(40-25(37)38-3)43-23(19)39-12-26(28,29)30)35(21)11-15-10-16(41-33-15)17-4-5-18(27)42-17/h4-5,10,13-14H,6-9,11-12H2,1-3H3,(H,31,36). The Bertz CT molecular complexity index is 1610. The number of amides is 1. The van der Waals surface area contributed by atoms with Gasteiger partial charge in [0.25, 0.3) is 5.91 Å². The Morgan fingerprint density at radius 2 is 1.95 bits per heavy atom. The first kappa shape index (κ1) is 31.1. The van der Waals surface area contributed by atoms with E-state index in [2.05, 4.69) is 38.9 Å². The molecule has 5 heterocycles. The van der Waals surface area contributed by atoms with Gasteiger partial charge in [-0.1, -0.05) is 28.1 Å². The summed E-state index contributed by atoms with van der Waals surface area (Å²) < 4.78 is 61.5. The number of piperidine rings is 1. The van der Waals surface area contributed by atoms with E-state index < -0.39 is 24.8 Å². The van der Waals surface area contributed by atoms with Crippen molar-refractivity contribution in [2.24, 2.45) is 0 Å². The van der Waals surface area contributed by atoms with E-state index >= 15 is 0 Å². The molecule has 1 fully saturated rings. The fraction of sp³-hybridized carbons (Fsp3) is 0.462. The molecule has 1 saturated heterocycles. The van der Waals surface area contributed by atoms with E-state index in [-0.39, 0.29) is 39.6 Å². The molecule has 43 heavy (non-hydrogen) atoms. The number of likely N-dealkylation sites (tertiary alicyclic amines) is 1. The second-order valence-electron chi connectivity index (χ2n) is 10.0. The summed E-state index contributed by atoms with van der Waals surface area (Å²) in [6, 6.07) is 5.36. The van der Waals surface area contributed by atoms with Gasteiger partial charge in [0, 0.05) is 31.2 Å². The molecule has 1 aliphatic heterocycles. The van der Waals surface area contributed by atoms with Crippen LogP contribution >= 0.6 is 34.3 Å². The lowest BCUT2D eigenvalue weighted by Gasteiger charge is -2.34. The van der Waals surface area contributed by atoms with Crippen LogP contribution in [0.25, 0.3) is 21.7 Å². The van der Waals surface area contributed by atoms with E-state index in [1.165, 1.54) is 15.9 Å². The van der Waals surface area contributed by atoms with Gasteiger partial charge in [0.15, 0.2) is 12.4 Å². The maximum Gasteiger partial charge on any atom is 0.514 e. The number of hydrogen-bond acceptors (Lipinski definition) is 11. The third-order valence-electron chi connectivity index (χ3n) is 6.74. The van der Waals surface area contributed by atoms with Gasteiger partial charge in [-0.05, 0) is 38.8 Å². The van der Waals surface area contributed by atoms with E-state index in [0.29, 0.717) is 46.0 Å². The van der Waals surface area contributed by atoms with Gasteiger partial charge in [0.1, 0.15) is 16.7 Å². The summed E-state index contributed by atoms with van der Waals surface area (Å²) in [5.41, 5.74) is 0.351. The number of nitrogens with one attached hydrogen (secondary N) is 1. The predicted molar refractivity (Wildman–Crippen MR) is 153 cm³/mol. The van der Waals surface area contributed by atoms with Gasteiger partial charge >= 0.3 is 12.3 Å². The monoisotopic (exact) mass is 661 g/mol. The highest BCUT2D eigenvalue weighted by atomic mass is 35.5. The first-order chi connectivity index (χ1) is 20.4. The van der Waals surface area contributed by atoms with E-state index in [1.54, 1.807) is 18.2 Å². The minimum atomic E-state index is -4.64. The normalized spacial score (nSPS) is 14.9. The van der Waals surface area contributed by atoms with Crippen molar-refractivity contribution in [3.05, 3.63) is 34.1 Å². The number of nitrogens with zero attached hydrogens (tertiary/aromatic N) is 4. The summed E-state index contributed by atoms with van der Waals surface area (Å²) in [6.45, 7) is 4.10. The van der Waals surface area contributed by atoms with Crippen molar-refractivity contribution in [1.29, 1.82) is 0 Å². The Balaban J connectivity index is 1.53. The minimum Gasteiger partial charge on any atom is -0.473 e. The van der Waals surface area contributed by atoms with Crippen LogP contribution in [0.4, 0.5) is 18.0 Å². The molecule has 0 spiro atoms. The zero-order valence-corrected chi connectivity index (χ0v) is 25.6. The average molecular weight is 662 g/mol. The molecule has 1 N–H and O–H groups in total. The number of ether oxygens (including phenoxy) is 3. The molecule has 0 saturated carbocycles. The zero-order valence-electron chi connectivity index (χ0n) is 23.2. The molecule has 1 aliphatic rings. The smallest absolute Gasteiger partial charge is 0.473 e. The molecule has 17 heteroatoms. The van der Waals surface area contributed by atoms with Crippen LogP contribution < -0.4 is 14.8 Å². The highest BCUT2D eigenvalue weighted by molar-refractivity contribution is 7.19. The van der Waals surface area contributed by atoms with Crippen LogP contribution in [0.2, 0.25) is 4.34 Å². The van der Waals surface area contributed by atoms with Crippen LogP contribution in [0.15, 0.2) is 22.7 Å². The number of alkyl halides is 3. The average Bonchev–Trinajstić information content (AvgIpc) is 3.73. The summed E-state index contributed by atoms with van der Waals surface area (Å²) >= 11 is 7.96. The Morgan fingerprint density at radius 3 is 2.58 bits per heavy atom. The SMILES string of the molecule is COC(=O)Oc1sc(OCC(F)(F)F)c2nc(C(=O)NC3CCN(C(C)C)CC3)n(Cc3cc(-c4ccc(Cl)s4)on3)c12. The van der Waals surface area contributed by atoms with Crippen molar-refractivity contribution in [3.8, 4) is 20.8 Å². The molecule has 4 aromatic rings. The van der Waals surface area contributed by atoms with Crippen molar-refractivity contribution in [2.75, 3.05) is 26.8 Å². The van der Waals surface area contributed by atoms with Crippen molar-refractivity contribution in [2.45, 2.75) is 51.5 Å². The number of rotatable bonds is 9. The van der Waals surface area contributed by atoms with Crippen LogP contribution in [0.5, 0.6) is 10.1 Å². The number of halogens is 4. The lowest BCUT2D eigenvalue weighted by molar-refractivity contribution is -0.152. The largest absolute Gasteiger partial charge is 0.514 e. The van der Waals surface area contributed by atoms with E-state index in [1.807, 2.05) is 0 Å². The van der Waals surface area contributed by atoms with Crippen LogP contribution in [0.1, 0.15) is 43.0 Å². The van der Waals surface area contributed by atoms with Crippen LogP contribution in [0.3, 0.4) is 0 Å². The van der Waals surface area contributed by atoms with Crippen LogP contribution in [-0.2, 0) is 11.3 Å². The maximum atomic E-state index is 13.6. The molecule has 0 aliphatic carbocycles. The molecular weight excluding hydrogens is 635 g/mol. The van der Waals surface area contributed by atoms with Gasteiger partial charge in [0.2, 0.25) is 16.0 Å². The number of methoxy groups -OCH3 is 1. The molecule has 0 bridgehead atoms. The second kappa shape index (κ2) is 12.7. The Labute approximate surface area is 256 Å². The topological polar surface area (TPSA) is 121 Å². The Hall–Kier alpha value is -3.34. The zero-order chi connectivity index (χ0) is 30.9. The minimum absolute atomic E-state index is 0.0658. The lowest BCUT2D eigenvalue weighted by Crippen LogP contribution is -2.47.